The maximum atomic E-state index is 12.7. The van der Waals surface area contributed by atoms with E-state index in [1.165, 1.54) is 12.1 Å². The van der Waals surface area contributed by atoms with Gasteiger partial charge in [-0.2, -0.15) is 0 Å². The Morgan fingerprint density at radius 1 is 1.21 bits per heavy atom. The van der Waals surface area contributed by atoms with Crippen molar-refractivity contribution in [3.05, 3.63) is 35.6 Å². The molecule has 0 heterocycles. The smallest absolute Gasteiger partial charge is 0.177 e. The van der Waals surface area contributed by atoms with Gasteiger partial charge in [0.2, 0.25) is 0 Å². The van der Waals surface area contributed by atoms with E-state index in [1.54, 1.807) is 0 Å². The van der Waals surface area contributed by atoms with E-state index in [-0.39, 0.29) is 24.5 Å². The lowest BCUT2D eigenvalue weighted by atomic mass is 10.1. The van der Waals surface area contributed by atoms with Crippen LogP contribution in [0.2, 0.25) is 0 Å². The third-order valence-electron chi connectivity index (χ3n) is 2.32. The zero-order valence-electron chi connectivity index (χ0n) is 10.3. The molecule has 0 aliphatic carbocycles. The Balaban J connectivity index is 2.53. The highest BCUT2D eigenvalue weighted by molar-refractivity contribution is 7.92. The first-order valence-corrected chi connectivity index (χ1v) is 7.54. The standard InChI is InChI=1S/C12H16FNO4S/c13-11-3-1-10(2-4-11)12(15)9-19(16,17)8-7-18-6-5-14/h1-4H,5-9,14H2. The van der Waals surface area contributed by atoms with Crippen molar-refractivity contribution in [2.75, 3.05) is 31.3 Å². The molecule has 1 aromatic rings. The molecule has 0 saturated heterocycles. The van der Waals surface area contributed by atoms with Crippen molar-refractivity contribution in [2.45, 2.75) is 0 Å². The number of halogens is 1. The molecule has 0 radical (unpaired) electrons. The predicted molar refractivity (Wildman–Crippen MR) is 69.3 cm³/mol. The van der Waals surface area contributed by atoms with E-state index >= 15 is 0 Å². The molecule has 0 atom stereocenters. The van der Waals surface area contributed by atoms with E-state index in [0.29, 0.717) is 6.54 Å². The zero-order chi connectivity index (χ0) is 14.3. The highest BCUT2D eigenvalue weighted by Crippen LogP contribution is 2.06. The molecule has 0 aromatic heterocycles. The number of hydrogen-bond donors (Lipinski definition) is 1. The summed E-state index contributed by atoms with van der Waals surface area (Å²) in [6.45, 7) is 0.603. The number of ketones is 1. The minimum absolute atomic E-state index is 0.0101. The Morgan fingerprint density at radius 3 is 2.42 bits per heavy atom. The van der Waals surface area contributed by atoms with Crippen molar-refractivity contribution in [3.8, 4) is 0 Å². The molecule has 19 heavy (non-hydrogen) atoms. The molecule has 106 valence electrons. The summed E-state index contributed by atoms with van der Waals surface area (Å²) in [5, 5.41) is 0. The molecule has 7 heteroatoms. The van der Waals surface area contributed by atoms with Crippen LogP contribution in [0.1, 0.15) is 10.4 Å². The van der Waals surface area contributed by atoms with Gasteiger partial charge in [0.05, 0.1) is 19.0 Å². The Morgan fingerprint density at radius 2 is 1.84 bits per heavy atom. The van der Waals surface area contributed by atoms with Crippen molar-refractivity contribution in [2.24, 2.45) is 5.73 Å². The largest absolute Gasteiger partial charge is 0.379 e. The number of hydrogen-bond acceptors (Lipinski definition) is 5. The van der Waals surface area contributed by atoms with Gasteiger partial charge in [-0.1, -0.05) is 0 Å². The average Bonchev–Trinajstić information content (AvgIpc) is 2.35. The number of Topliss-reactive ketones (excluding diaryl/α,β-unsaturated/α-hetero) is 1. The lowest BCUT2D eigenvalue weighted by Gasteiger charge is -2.05. The van der Waals surface area contributed by atoms with Crippen LogP contribution in [0.25, 0.3) is 0 Å². The van der Waals surface area contributed by atoms with Gasteiger partial charge in [0.25, 0.3) is 0 Å². The van der Waals surface area contributed by atoms with E-state index < -0.39 is 27.2 Å². The second-order valence-electron chi connectivity index (χ2n) is 3.92. The van der Waals surface area contributed by atoms with Crippen molar-refractivity contribution in [1.29, 1.82) is 0 Å². The summed E-state index contributed by atoms with van der Waals surface area (Å²) in [6.07, 6.45) is 0. The van der Waals surface area contributed by atoms with Crippen LogP contribution in [-0.4, -0.2) is 45.5 Å². The Bertz CT molecular complexity index is 513. The Kier molecular flexibility index (Phi) is 6.07. The van der Waals surface area contributed by atoms with Gasteiger partial charge in [-0.05, 0) is 24.3 Å². The number of nitrogens with two attached hydrogens (primary N) is 1. The Labute approximate surface area is 111 Å². The van der Waals surface area contributed by atoms with E-state index in [9.17, 15) is 17.6 Å². The van der Waals surface area contributed by atoms with E-state index in [2.05, 4.69) is 0 Å². The van der Waals surface area contributed by atoms with Crippen molar-refractivity contribution in [3.63, 3.8) is 0 Å². The number of carbonyl (C=O) groups excluding carboxylic acids is 1. The van der Waals surface area contributed by atoms with Crippen LogP contribution in [0.15, 0.2) is 24.3 Å². The predicted octanol–water partition coefficient (Wildman–Crippen LogP) is 0.398. The molecule has 0 bridgehead atoms. The lowest BCUT2D eigenvalue weighted by Crippen LogP contribution is -2.22. The summed E-state index contributed by atoms with van der Waals surface area (Å²) in [6, 6.07) is 4.75. The van der Waals surface area contributed by atoms with Crippen molar-refractivity contribution < 1.29 is 22.3 Å². The summed E-state index contributed by atoms with van der Waals surface area (Å²) in [5.41, 5.74) is 5.36. The second kappa shape index (κ2) is 7.32. The maximum Gasteiger partial charge on any atom is 0.177 e. The van der Waals surface area contributed by atoms with Gasteiger partial charge in [0.1, 0.15) is 11.6 Å². The summed E-state index contributed by atoms with van der Waals surface area (Å²) in [7, 11) is -3.53. The molecular formula is C12H16FNO4S. The molecular weight excluding hydrogens is 273 g/mol. The monoisotopic (exact) mass is 289 g/mol. The quantitative estimate of drug-likeness (QED) is 0.553. The minimum Gasteiger partial charge on any atom is -0.379 e. The number of sulfone groups is 1. The average molecular weight is 289 g/mol. The van der Waals surface area contributed by atoms with Gasteiger partial charge in [-0.3, -0.25) is 4.79 Å². The van der Waals surface area contributed by atoms with Crippen LogP contribution >= 0.6 is 0 Å². The van der Waals surface area contributed by atoms with E-state index in [1.807, 2.05) is 0 Å². The van der Waals surface area contributed by atoms with Gasteiger partial charge < -0.3 is 10.5 Å². The van der Waals surface area contributed by atoms with Gasteiger partial charge in [-0.15, -0.1) is 0 Å². The number of carbonyl (C=O) groups is 1. The van der Waals surface area contributed by atoms with Crippen LogP contribution in [0.4, 0.5) is 4.39 Å². The fourth-order valence-corrected chi connectivity index (χ4v) is 2.44. The fraction of sp³-hybridized carbons (Fsp3) is 0.417. The van der Waals surface area contributed by atoms with Crippen LogP contribution in [0, 0.1) is 5.82 Å². The van der Waals surface area contributed by atoms with Crippen molar-refractivity contribution >= 4 is 15.6 Å². The van der Waals surface area contributed by atoms with Crippen molar-refractivity contribution in [1.82, 2.24) is 0 Å². The molecule has 0 unspecified atom stereocenters. The zero-order valence-corrected chi connectivity index (χ0v) is 11.2. The van der Waals surface area contributed by atoms with E-state index in [0.717, 1.165) is 12.1 Å². The van der Waals surface area contributed by atoms with Crippen LogP contribution < -0.4 is 5.73 Å². The minimum atomic E-state index is -3.53. The highest BCUT2D eigenvalue weighted by Gasteiger charge is 2.17. The normalized spacial score (nSPS) is 11.5. The first kappa shape index (κ1) is 15.7. The number of benzene rings is 1. The highest BCUT2D eigenvalue weighted by atomic mass is 32.2. The van der Waals surface area contributed by atoms with E-state index in [4.69, 9.17) is 10.5 Å². The molecule has 1 rings (SSSR count). The third kappa shape index (κ3) is 5.91. The molecule has 0 aliphatic rings. The maximum absolute atomic E-state index is 12.7. The second-order valence-corrected chi connectivity index (χ2v) is 6.11. The lowest BCUT2D eigenvalue weighted by molar-refractivity contribution is 0.102. The van der Waals surface area contributed by atoms with Gasteiger partial charge in [0.15, 0.2) is 15.6 Å². The van der Waals surface area contributed by atoms with Gasteiger partial charge >= 0.3 is 0 Å². The summed E-state index contributed by atoms with van der Waals surface area (Å²) < 4.78 is 40.9. The fourth-order valence-electron chi connectivity index (χ4n) is 1.36. The van der Waals surface area contributed by atoms with Crippen LogP contribution in [-0.2, 0) is 14.6 Å². The molecule has 0 saturated carbocycles. The SMILES string of the molecule is NCCOCCS(=O)(=O)CC(=O)c1ccc(F)cc1. The molecule has 5 nitrogen and oxygen atoms in total. The summed E-state index contributed by atoms with van der Waals surface area (Å²) in [4.78, 5) is 11.7. The van der Waals surface area contributed by atoms with Crippen LogP contribution in [0.5, 0.6) is 0 Å². The summed E-state index contributed by atoms with van der Waals surface area (Å²) in [5.74, 6) is -1.88. The van der Waals surface area contributed by atoms with Gasteiger partial charge in [0, 0.05) is 12.1 Å². The van der Waals surface area contributed by atoms with Crippen LogP contribution in [0.3, 0.4) is 0 Å². The molecule has 0 amide bonds. The third-order valence-corrected chi connectivity index (χ3v) is 3.81. The van der Waals surface area contributed by atoms with Gasteiger partial charge in [-0.25, -0.2) is 12.8 Å². The molecule has 1 aromatic carbocycles. The first-order chi connectivity index (χ1) is 8.94. The molecule has 0 aliphatic heterocycles. The number of ether oxygens (including phenoxy) is 1. The molecule has 2 N–H and O–H groups in total. The number of rotatable bonds is 8. The molecule has 0 spiro atoms. The summed E-state index contributed by atoms with van der Waals surface area (Å²) >= 11 is 0. The Hall–Kier alpha value is -1.31. The first-order valence-electron chi connectivity index (χ1n) is 5.71. The molecule has 0 fully saturated rings. The topological polar surface area (TPSA) is 86.5 Å².